The fourth-order valence-corrected chi connectivity index (χ4v) is 3.38. The van der Waals surface area contributed by atoms with Crippen LogP contribution in [-0.4, -0.2) is 11.5 Å². The Labute approximate surface area is 156 Å². The fourth-order valence-electron chi connectivity index (χ4n) is 3.22. The Kier molecular flexibility index (Phi) is 5.06. The first-order valence-electron chi connectivity index (χ1n) is 8.69. The number of nitrogens with zero attached hydrogens (tertiary/aromatic N) is 1. The van der Waals surface area contributed by atoms with Crippen molar-refractivity contribution in [2.24, 2.45) is 11.7 Å². The maximum absolute atomic E-state index is 15.2. The van der Waals surface area contributed by atoms with Crippen LogP contribution in [0.25, 0.3) is 11.3 Å². The molecule has 2 aromatic rings. The minimum atomic E-state index is -0.897. The van der Waals surface area contributed by atoms with Gasteiger partial charge in [0.2, 0.25) is 0 Å². The van der Waals surface area contributed by atoms with Crippen LogP contribution in [0.2, 0.25) is 5.02 Å². The van der Waals surface area contributed by atoms with E-state index < -0.39 is 22.9 Å². The average molecular weight is 383 g/mol. The van der Waals surface area contributed by atoms with E-state index in [1.807, 2.05) is 20.8 Å². The van der Waals surface area contributed by atoms with Crippen molar-refractivity contribution in [3.8, 4) is 11.3 Å². The normalized spacial score (nSPS) is 16.0. The van der Waals surface area contributed by atoms with Crippen molar-refractivity contribution >= 4 is 11.6 Å². The first-order chi connectivity index (χ1) is 12.1. The number of pyridine rings is 1. The molecular weight excluding hydrogens is 361 g/mol. The van der Waals surface area contributed by atoms with Crippen molar-refractivity contribution in [2.45, 2.75) is 44.9 Å². The minimum absolute atomic E-state index is 0.00516. The molecule has 1 aliphatic rings. The topological polar surface area (TPSA) is 38.9 Å². The third-order valence-corrected chi connectivity index (χ3v) is 5.17. The van der Waals surface area contributed by atoms with E-state index in [0.29, 0.717) is 29.8 Å². The van der Waals surface area contributed by atoms with Crippen LogP contribution in [0.5, 0.6) is 0 Å². The second-order valence-corrected chi connectivity index (χ2v) is 8.34. The summed E-state index contributed by atoms with van der Waals surface area (Å²) >= 11 is 5.80. The Hall–Kier alpha value is -1.59. The van der Waals surface area contributed by atoms with E-state index in [4.69, 9.17) is 17.3 Å². The highest BCUT2D eigenvalue weighted by molar-refractivity contribution is 6.31. The van der Waals surface area contributed by atoms with Gasteiger partial charge in [-0.3, -0.25) is 0 Å². The van der Waals surface area contributed by atoms with E-state index in [-0.39, 0.29) is 22.2 Å². The highest BCUT2D eigenvalue weighted by atomic mass is 35.5. The Balaban J connectivity index is 2.25. The predicted octanol–water partition coefficient (Wildman–Crippen LogP) is 5.57. The first kappa shape index (κ1) is 19.2. The summed E-state index contributed by atoms with van der Waals surface area (Å²) in [5, 5.41) is -0.275. The standard InChI is InChI=1S/C20H22ClF3N2/c1-20(2,3)13-7-17(12(9-25)10-4-5-10)26-19(18(13)24)11-6-14(21)16(23)8-15(11)22/h6-8,10,12H,4-5,9,25H2,1-3H3. The van der Waals surface area contributed by atoms with Crippen molar-refractivity contribution in [3.63, 3.8) is 0 Å². The Morgan fingerprint density at radius 1 is 1.15 bits per heavy atom. The molecule has 0 spiro atoms. The zero-order chi connectivity index (χ0) is 19.2. The van der Waals surface area contributed by atoms with E-state index >= 15 is 4.39 Å². The molecule has 1 saturated carbocycles. The molecule has 1 unspecified atom stereocenters. The molecule has 1 aliphatic carbocycles. The molecule has 1 atom stereocenters. The summed E-state index contributed by atoms with van der Waals surface area (Å²) in [5.41, 5.74) is 6.20. The van der Waals surface area contributed by atoms with Gasteiger partial charge in [-0.25, -0.2) is 18.2 Å². The van der Waals surface area contributed by atoms with Crippen molar-refractivity contribution in [1.29, 1.82) is 0 Å². The van der Waals surface area contributed by atoms with Crippen molar-refractivity contribution in [1.82, 2.24) is 4.98 Å². The molecule has 3 rings (SSSR count). The van der Waals surface area contributed by atoms with Gasteiger partial charge in [0.05, 0.1) is 5.02 Å². The number of nitrogens with two attached hydrogens (primary N) is 1. The maximum Gasteiger partial charge on any atom is 0.153 e. The molecule has 0 saturated heterocycles. The van der Waals surface area contributed by atoms with Crippen LogP contribution < -0.4 is 5.73 Å². The van der Waals surface area contributed by atoms with Gasteiger partial charge in [-0.15, -0.1) is 0 Å². The largest absolute Gasteiger partial charge is 0.330 e. The maximum atomic E-state index is 15.2. The molecule has 1 heterocycles. The lowest BCUT2D eigenvalue weighted by Gasteiger charge is -2.24. The van der Waals surface area contributed by atoms with Crippen LogP contribution >= 0.6 is 11.6 Å². The lowest BCUT2D eigenvalue weighted by molar-refractivity contribution is 0.511. The van der Waals surface area contributed by atoms with Crippen LogP contribution in [0.3, 0.4) is 0 Å². The molecule has 0 aliphatic heterocycles. The molecule has 2 nitrogen and oxygen atoms in total. The third-order valence-electron chi connectivity index (χ3n) is 4.88. The van der Waals surface area contributed by atoms with Crippen LogP contribution in [0.1, 0.15) is 50.8 Å². The molecule has 1 aromatic heterocycles. The zero-order valence-corrected chi connectivity index (χ0v) is 15.8. The van der Waals surface area contributed by atoms with E-state index in [0.717, 1.165) is 18.9 Å². The predicted molar refractivity (Wildman–Crippen MR) is 97.8 cm³/mol. The SMILES string of the molecule is CC(C)(C)c1cc(C(CN)C2CC2)nc(-c2cc(Cl)c(F)cc2F)c1F. The summed E-state index contributed by atoms with van der Waals surface area (Å²) in [6.07, 6.45) is 2.11. The van der Waals surface area contributed by atoms with Crippen molar-refractivity contribution in [2.75, 3.05) is 6.54 Å². The van der Waals surface area contributed by atoms with Gasteiger partial charge in [-0.2, -0.15) is 0 Å². The summed E-state index contributed by atoms with van der Waals surface area (Å²) in [4.78, 5) is 4.40. The number of hydrogen-bond acceptors (Lipinski definition) is 2. The van der Waals surface area contributed by atoms with Gasteiger partial charge in [0.25, 0.3) is 0 Å². The van der Waals surface area contributed by atoms with Gasteiger partial charge in [0, 0.05) is 29.8 Å². The molecule has 0 radical (unpaired) electrons. The average Bonchev–Trinajstić information content (AvgIpc) is 3.37. The van der Waals surface area contributed by atoms with Gasteiger partial charge >= 0.3 is 0 Å². The molecule has 6 heteroatoms. The highest BCUT2D eigenvalue weighted by Crippen LogP contribution is 2.43. The summed E-state index contributed by atoms with van der Waals surface area (Å²) in [7, 11) is 0. The number of hydrogen-bond donors (Lipinski definition) is 1. The van der Waals surface area contributed by atoms with Crippen molar-refractivity contribution < 1.29 is 13.2 Å². The summed E-state index contributed by atoms with van der Waals surface area (Å²) in [5.74, 6) is -1.99. The van der Waals surface area contributed by atoms with E-state index in [1.54, 1.807) is 6.07 Å². The van der Waals surface area contributed by atoms with E-state index in [1.165, 1.54) is 0 Å². The van der Waals surface area contributed by atoms with Gasteiger partial charge < -0.3 is 5.73 Å². The molecule has 140 valence electrons. The number of rotatable bonds is 4. The second-order valence-electron chi connectivity index (χ2n) is 7.93. The summed E-state index contributed by atoms with van der Waals surface area (Å²) < 4.78 is 43.1. The molecule has 1 aromatic carbocycles. The van der Waals surface area contributed by atoms with E-state index in [9.17, 15) is 8.78 Å². The molecule has 0 bridgehead atoms. The van der Waals surface area contributed by atoms with Crippen LogP contribution in [0.4, 0.5) is 13.2 Å². The van der Waals surface area contributed by atoms with Gasteiger partial charge in [0.1, 0.15) is 17.3 Å². The molecule has 26 heavy (non-hydrogen) atoms. The quantitative estimate of drug-likeness (QED) is 0.702. The second kappa shape index (κ2) is 6.86. The van der Waals surface area contributed by atoms with Crippen LogP contribution in [0.15, 0.2) is 18.2 Å². The number of benzene rings is 1. The third kappa shape index (κ3) is 3.60. The lowest BCUT2D eigenvalue weighted by Crippen LogP contribution is -2.20. The van der Waals surface area contributed by atoms with Crippen molar-refractivity contribution in [3.05, 3.63) is 51.9 Å². The molecule has 0 amide bonds. The van der Waals surface area contributed by atoms with Crippen LogP contribution in [-0.2, 0) is 5.41 Å². The lowest BCUT2D eigenvalue weighted by atomic mass is 9.84. The minimum Gasteiger partial charge on any atom is -0.330 e. The van der Waals surface area contributed by atoms with Gasteiger partial charge in [-0.05, 0) is 41.9 Å². The summed E-state index contributed by atoms with van der Waals surface area (Å²) in [6.45, 7) is 6.02. The molecule has 2 N–H and O–H groups in total. The Morgan fingerprint density at radius 3 is 2.35 bits per heavy atom. The zero-order valence-electron chi connectivity index (χ0n) is 15.0. The summed E-state index contributed by atoms with van der Waals surface area (Å²) in [6, 6.07) is 3.48. The highest BCUT2D eigenvalue weighted by Gasteiger charge is 2.34. The smallest absolute Gasteiger partial charge is 0.153 e. The van der Waals surface area contributed by atoms with Gasteiger partial charge in [0.15, 0.2) is 5.82 Å². The van der Waals surface area contributed by atoms with E-state index in [2.05, 4.69) is 4.98 Å². The van der Waals surface area contributed by atoms with Gasteiger partial charge in [-0.1, -0.05) is 32.4 Å². The Bertz CT molecular complexity index is 842. The monoisotopic (exact) mass is 382 g/mol. The number of halogens is 4. The molecule has 1 fully saturated rings. The fraction of sp³-hybridized carbons (Fsp3) is 0.450. The molecular formula is C20H22ClF3N2. The number of aromatic nitrogens is 1. The van der Waals surface area contributed by atoms with Crippen LogP contribution in [0, 0.1) is 23.4 Å². The Morgan fingerprint density at radius 2 is 1.81 bits per heavy atom. The first-order valence-corrected chi connectivity index (χ1v) is 9.07.